The summed E-state index contributed by atoms with van der Waals surface area (Å²) >= 11 is 6.37. The van der Waals surface area contributed by atoms with E-state index in [4.69, 9.17) is 20.8 Å². The fourth-order valence-corrected chi connectivity index (χ4v) is 3.32. The normalized spacial score (nSPS) is 10.9. The molecule has 1 aromatic heterocycles. The molecular formula is C24H21ClN2O3. The minimum atomic E-state index is -0.269. The third-order valence-electron chi connectivity index (χ3n) is 4.70. The molecule has 0 fully saturated rings. The highest BCUT2D eigenvalue weighted by Crippen LogP contribution is 2.32. The van der Waals surface area contributed by atoms with Gasteiger partial charge in [0.2, 0.25) is 5.89 Å². The highest BCUT2D eigenvalue weighted by atomic mass is 35.5. The smallest absolute Gasteiger partial charge is 0.262 e. The molecule has 0 radical (unpaired) electrons. The maximum Gasteiger partial charge on any atom is 0.262 e. The number of hydrogen-bond acceptors (Lipinski definition) is 4. The highest BCUT2D eigenvalue weighted by Gasteiger charge is 2.14. The molecule has 152 valence electrons. The van der Waals surface area contributed by atoms with Gasteiger partial charge in [0.05, 0.1) is 10.6 Å². The Labute approximate surface area is 179 Å². The number of anilines is 1. The Hall–Kier alpha value is -3.31. The summed E-state index contributed by atoms with van der Waals surface area (Å²) in [6.07, 6.45) is 0.922. The number of amides is 1. The van der Waals surface area contributed by atoms with Gasteiger partial charge in [-0.3, -0.25) is 4.79 Å². The Bertz CT molecular complexity index is 1220. The molecular weight excluding hydrogens is 400 g/mol. The molecule has 30 heavy (non-hydrogen) atoms. The monoisotopic (exact) mass is 420 g/mol. The van der Waals surface area contributed by atoms with E-state index >= 15 is 0 Å². The van der Waals surface area contributed by atoms with E-state index in [-0.39, 0.29) is 12.5 Å². The van der Waals surface area contributed by atoms with E-state index < -0.39 is 0 Å². The van der Waals surface area contributed by atoms with Crippen LogP contribution in [-0.2, 0) is 11.2 Å². The first-order chi connectivity index (χ1) is 14.5. The standard InChI is InChI=1S/C24H21ClN2O3/c1-3-16-7-10-22-21(12-16)27-24(30-22)19-13-17(8-9-20(19)25)26-23(28)14-29-18-6-4-5-15(2)11-18/h4-13H,3,14H2,1-2H3,(H,26,28). The molecule has 0 aliphatic heterocycles. The summed E-state index contributed by atoms with van der Waals surface area (Å²) in [6.45, 7) is 3.97. The molecule has 0 saturated heterocycles. The van der Waals surface area contributed by atoms with Crippen molar-refractivity contribution in [1.29, 1.82) is 0 Å². The van der Waals surface area contributed by atoms with E-state index in [1.165, 1.54) is 5.56 Å². The largest absolute Gasteiger partial charge is 0.484 e. The molecule has 4 aromatic rings. The fourth-order valence-electron chi connectivity index (χ4n) is 3.13. The summed E-state index contributed by atoms with van der Waals surface area (Å²) in [5, 5.41) is 3.32. The molecule has 4 rings (SSSR count). The summed E-state index contributed by atoms with van der Waals surface area (Å²) in [5.41, 5.74) is 4.93. The van der Waals surface area contributed by atoms with Gasteiger partial charge in [0.15, 0.2) is 12.2 Å². The van der Waals surface area contributed by atoms with Gasteiger partial charge >= 0.3 is 0 Å². The molecule has 0 aliphatic rings. The minimum Gasteiger partial charge on any atom is -0.484 e. The number of aromatic nitrogens is 1. The number of halogens is 1. The van der Waals surface area contributed by atoms with Crippen LogP contribution in [0.25, 0.3) is 22.6 Å². The second kappa shape index (κ2) is 8.59. The van der Waals surface area contributed by atoms with E-state index in [0.29, 0.717) is 33.5 Å². The van der Waals surface area contributed by atoms with Crippen LogP contribution >= 0.6 is 11.6 Å². The maximum atomic E-state index is 12.3. The summed E-state index contributed by atoms with van der Waals surface area (Å²) in [5.74, 6) is 0.796. The zero-order valence-electron chi connectivity index (χ0n) is 16.7. The number of ether oxygens (including phenoxy) is 1. The van der Waals surface area contributed by atoms with Crippen LogP contribution in [0.15, 0.2) is 65.1 Å². The number of carbonyl (C=O) groups excluding carboxylic acids is 1. The minimum absolute atomic E-state index is 0.0932. The first-order valence-corrected chi connectivity index (χ1v) is 10.1. The summed E-state index contributed by atoms with van der Waals surface area (Å²) in [4.78, 5) is 16.9. The molecule has 0 bridgehead atoms. The quantitative estimate of drug-likeness (QED) is 0.413. The molecule has 0 spiro atoms. The number of oxazole rings is 1. The van der Waals surface area contributed by atoms with Gasteiger partial charge in [0.25, 0.3) is 5.91 Å². The Morgan fingerprint density at radius 3 is 2.80 bits per heavy atom. The SMILES string of the molecule is CCc1ccc2oc(-c3cc(NC(=O)COc4cccc(C)c4)ccc3Cl)nc2c1. The summed E-state index contributed by atoms with van der Waals surface area (Å²) < 4.78 is 11.4. The van der Waals surface area contributed by atoms with Gasteiger partial charge < -0.3 is 14.5 Å². The molecule has 0 unspecified atom stereocenters. The summed E-state index contributed by atoms with van der Waals surface area (Å²) in [6, 6.07) is 18.7. The summed E-state index contributed by atoms with van der Waals surface area (Å²) in [7, 11) is 0. The van der Waals surface area contributed by atoms with Crippen LogP contribution in [-0.4, -0.2) is 17.5 Å². The lowest BCUT2D eigenvalue weighted by Crippen LogP contribution is -2.20. The van der Waals surface area contributed by atoms with Gasteiger partial charge in [0, 0.05) is 5.69 Å². The van der Waals surface area contributed by atoms with Crippen molar-refractivity contribution < 1.29 is 13.9 Å². The predicted octanol–water partition coefficient (Wildman–Crippen LogP) is 6.04. The number of hydrogen-bond donors (Lipinski definition) is 1. The number of rotatable bonds is 6. The van der Waals surface area contributed by atoms with E-state index in [2.05, 4.69) is 17.2 Å². The lowest BCUT2D eigenvalue weighted by atomic mass is 10.1. The van der Waals surface area contributed by atoms with Crippen LogP contribution in [0.5, 0.6) is 5.75 Å². The molecule has 3 aromatic carbocycles. The van der Waals surface area contributed by atoms with Crippen molar-refractivity contribution in [3.05, 3.63) is 76.8 Å². The Balaban J connectivity index is 1.51. The molecule has 6 heteroatoms. The third-order valence-corrected chi connectivity index (χ3v) is 5.03. The average Bonchev–Trinajstić information content (AvgIpc) is 3.16. The molecule has 5 nitrogen and oxygen atoms in total. The third kappa shape index (κ3) is 4.47. The van der Waals surface area contributed by atoms with Crippen molar-refractivity contribution in [2.75, 3.05) is 11.9 Å². The zero-order valence-corrected chi connectivity index (χ0v) is 17.5. The first kappa shape index (κ1) is 20.0. The number of nitrogens with zero attached hydrogens (tertiary/aromatic N) is 1. The van der Waals surface area contributed by atoms with Gasteiger partial charge in [-0.15, -0.1) is 0 Å². The number of benzene rings is 3. The van der Waals surface area contributed by atoms with Crippen LogP contribution in [0.2, 0.25) is 5.02 Å². The number of nitrogens with one attached hydrogen (secondary N) is 1. The van der Waals surface area contributed by atoms with Crippen LogP contribution in [0.3, 0.4) is 0 Å². The lowest BCUT2D eigenvalue weighted by Gasteiger charge is -2.09. The van der Waals surface area contributed by atoms with Crippen molar-refractivity contribution in [3.63, 3.8) is 0 Å². The second-order valence-electron chi connectivity index (χ2n) is 7.02. The Kier molecular flexibility index (Phi) is 5.72. The van der Waals surface area contributed by atoms with E-state index in [0.717, 1.165) is 17.5 Å². The molecule has 1 heterocycles. The van der Waals surface area contributed by atoms with Crippen LogP contribution in [0.1, 0.15) is 18.1 Å². The van der Waals surface area contributed by atoms with Crippen molar-refractivity contribution in [2.24, 2.45) is 0 Å². The van der Waals surface area contributed by atoms with E-state index in [1.807, 2.05) is 49.4 Å². The first-order valence-electron chi connectivity index (χ1n) is 9.70. The number of fused-ring (bicyclic) bond motifs is 1. The predicted molar refractivity (Wildman–Crippen MR) is 119 cm³/mol. The topological polar surface area (TPSA) is 64.4 Å². The van der Waals surface area contributed by atoms with Gasteiger partial charge in [-0.1, -0.05) is 36.7 Å². The molecule has 1 amide bonds. The van der Waals surface area contributed by atoms with E-state index in [1.54, 1.807) is 18.2 Å². The zero-order chi connectivity index (χ0) is 21.1. The van der Waals surface area contributed by atoms with Crippen LogP contribution in [0, 0.1) is 6.92 Å². The Morgan fingerprint density at radius 1 is 1.13 bits per heavy atom. The van der Waals surface area contributed by atoms with Gasteiger partial charge in [0.1, 0.15) is 11.3 Å². The maximum absolute atomic E-state index is 12.3. The molecule has 0 aliphatic carbocycles. The van der Waals surface area contributed by atoms with Crippen LogP contribution in [0.4, 0.5) is 5.69 Å². The number of aryl methyl sites for hydroxylation is 2. The molecule has 0 saturated carbocycles. The lowest BCUT2D eigenvalue weighted by molar-refractivity contribution is -0.118. The van der Waals surface area contributed by atoms with Crippen molar-refractivity contribution >= 4 is 34.3 Å². The van der Waals surface area contributed by atoms with Crippen molar-refractivity contribution in [3.8, 4) is 17.2 Å². The molecule has 1 N–H and O–H groups in total. The second-order valence-corrected chi connectivity index (χ2v) is 7.43. The Morgan fingerprint density at radius 2 is 2.00 bits per heavy atom. The van der Waals surface area contributed by atoms with Crippen LogP contribution < -0.4 is 10.1 Å². The number of carbonyl (C=O) groups is 1. The average molecular weight is 421 g/mol. The highest BCUT2D eigenvalue weighted by molar-refractivity contribution is 6.33. The van der Waals surface area contributed by atoms with Crippen molar-refractivity contribution in [1.82, 2.24) is 4.98 Å². The van der Waals surface area contributed by atoms with Gasteiger partial charge in [-0.2, -0.15) is 0 Å². The van der Waals surface area contributed by atoms with Crippen molar-refractivity contribution in [2.45, 2.75) is 20.3 Å². The fraction of sp³-hybridized carbons (Fsp3) is 0.167. The van der Waals surface area contributed by atoms with Gasteiger partial charge in [-0.25, -0.2) is 4.98 Å². The van der Waals surface area contributed by atoms with E-state index in [9.17, 15) is 4.79 Å². The molecule has 0 atom stereocenters. The van der Waals surface area contributed by atoms with Gasteiger partial charge in [-0.05, 0) is 66.9 Å².